The monoisotopic (exact) mass is 359 g/mol. The van der Waals surface area contributed by atoms with Crippen molar-refractivity contribution >= 4 is 44.3 Å². The van der Waals surface area contributed by atoms with Crippen LogP contribution in [0.15, 0.2) is 15.0 Å². The van der Waals surface area contributed by atoms with Crippen LogP contribution in [-0.4, -0.2) is 12.2 Å². The summed E-state index contributed by atoms with van der Waals surface area (Å²) in [4.78, 5) is 0. The van der Waals surface area contributed by atoms with Crippen LogP contribution < -0.4 is 10.5 Å². The van der Waals surface area contributed by atoms with E-state index >= 15 is 0 Å². The molecular weight excluding hydrogens is 349 g/mol. The summed E-state index contributed by atoms with van der Waals surface area (Å²) in [5, 5.41) is 9.64. The van der Waals surface area contributed by atoms with Gasteiger partial charge in [0.15, 0.2) is 11.5 Å². The summed E-state index contributed by atoms with van der Waals surface area (Å²) in [5.41, 5.74) is 6.65. The summed E-state index contributed by atoms with van der Waals surface area (Å²) in [6.45, 7) is 1.86. The fourth-order valence-electron chi connectivity index (χ4n) is 1.10. The van der Waals surface area contributed by atoms with Gasteiger partial charge < -0.3 is 15.6 Å². The van der Waals surface area contributed by atoms with Crippen molar-refractivity contribution in [1.29, 1.82) is 0 Å². The van der Waals surface area contributed by atoms with E-state index < -0.39 is 0 Å². The Labute approximate surface area is 112 Å². The van der Waals surface area contributed by atoms with Crippen LogP contribution in [0.1, 0.15) is 18.5 Å². The molecule has 1 aromatic carbocycles. The molecule has 0 aromatic heterocycles. The molecule has 0 unspecified atom stereocenters. The van der Waals surface area contributed by atoms with Crippen molar-refractivity contribution in [3.05, 3.63) is 20.6 Å². The molecule has 3 nitrogen and oxygen atoms in total. The van der Waals surface area contributed by atoms with Gasteiger partial charge in [-0.2, -0.15) is 0 Å². The number of phenolic OH excluding ortho intramolecular Hbond substituents is 1. The fraction of sp³-hybridized carbons (Fsp3) is 0.333. The first kappa shape index (κ1) is 15.0. The molecule has 0 bridgehead atoms. The average Bonchev–Trinajstić information content (AvgIpc) is 2.14. The molecule has 0 saturated heterocycles. The first-order valence-corrected chi connectivity index (χ1v) is 5.58. The van der Waals surface area contributed by atoms with Crippen molar-refractivity contribution < 1.29 is 9.84 Å². The lowest BCUT2D eigenvalue weighted by Gasteiger charge is -2.14. The zero-order valence-corrected chi connectivity index (χ0v) is 12.2. The quantitative estimate of drug-likeness (QED) is 0.849. The number of hydrogen-bond donors (Lipinski definition) is 2. The van der Waals surface area contributed by atoms with Crippen LogP contribution in [0.5, 0.6) is 11.5 Å². The van der Waals surface area contributed by atoms with Crippen LogP contribution in [0.25, 0.3) is 0 Å². The van der Waals surface area contributed by atoms with Gasteiger partial charge in [0.2, 0.25) is 0 Å². The first-order valence-electron chi connectivity index (χ1n) is 3.99. The first-order chi connectivity index (χ1) is 6.49. The minimum absolute atomic E-state index is 0. The third-order valence-electron chi connectivity index (χ3n) is 1.88. The molecule has 0 radical (unpaired) electrons. The lowest BCUT2D eigenvalue weighted by atomic mass is 10.1. The smallest absolute Gasteiger partial charge is 0.173 e. The molecule has 86 valence electrons. The Balaban J connectivity index is 0.00000196. The summed E-state index contributed by atoms with van der Waals surface area (Å²) in [5.74, 6) is 0.483. The van der Waals surface area contributed by atoms with Gasteiger partial charge in [-0.3, -0.25) is 0 Å². The zero-order valence-electron chi connectivity index (χ0n) is 8.25. The third-order valence-corrected chi connectivity index (χ3v) is 4.04. The van der Waals surface area contributed by atoms with Crippen molar-refractivity contribution in [3.63, 3.8) is 0 Å². The molecule has 0 aliphatic rings. The van der Waals surface area contributed by atoms with Crippen LogP contribution in [0.3, 0.4) is 0 Å². The number of phenols is 1. The highest BCUT2D eigenvalue weighted by Crippen LogP contribution is 2.42. The molecule has 0 fully saturated rings. The summed E-state index contributed by atoms with van der Waals surface area (Å²) in [7, 11) is 1.50. The SMILES string of the molecule is COc1cc([C@H](C)N)c(Br)c(Br)c1O.Cl. The molecule has 1 atom stereocenters. The number of ether oxygens (including phenoxy) is 1. The zero-order chi connectivity index (χ0) is 10.9. The van der Waals surface area contributed by atoms with E-state index in [9.17, 15) is 5.11 Å². The maximum absolute atomic E-state index is 9.64. The molecule has 6 heteroatoms. The van der Waals surface area contributed by atoms with Gasteiger partial charge in [-0.05, 0) is 50.4 Å². The number of benzene rings is 1. The molecule has 0 saturated carbocycles. The van der Waals surface area contributed by atoms with Crippen molar-refractivity contribution in [2.24, 2.45) is 5.73 Å². The number of halogens is 3. The van der Waals surface area contributed by atoms with Crippen molar-refractivity contribution in [2.45, 2.75) is 13.0 Å². The molecule has 1 rings (SSSR count). The van der Waals surface area contributed by atoms with Gasteiger partial charge in [0.05, 0.1) is 11.6 Å². The maximum Gasteiger partial charge on any atom is 0.173 e. The predicted molar refractivity (Wildman–Crippen MR) is 69.9 cm³/mol. The summed E-state index contributed by atoms with van der Waals surface area (Å²) in [6, 6.07) is 1.59. The topological polar surface area (TPSA) is 55.5 Å². The maximum atomic E-state index is 9.64. The minimum Gasteiger partial charge on any atom is -0.503 e. The number of nitrogens with two attached hydrogens (primary N) is 1. The van der Waals surface area contributed by atoms with E-state index in [0.29, 0.717) is 10.2 Å². The van der Waals surface area contributed by atoms with E-state index in [2.05, 4.69) is 31.9 Å². The second kappa shape index (κ2) is 5.94. The molecule has 15 heavy (non-hydrogen) atoms. The molecular formula is C9H12Br2ClNO2. The number of hydrogen-bond acceptors (Lipinski definition) is 3. The van der Waals surface area contributed by atoms with E-state index in [1.54, 1.807) is 6.07 Å². The number of methoxy groups -OCH3 is 1. The van der Waals surface area contributed by atoms with Crippen molar-refractivity contribution in [1.82, 2.24) is 0 Å². The Morgan fingerprint density at radius 1 is 1.40 bits per heavy atom. The Morgan fingerprint density at radius 3 is 2.33 bits per heavy atom. The van der Waals surface area contributed by atoms with Crippen molar-refractivity contribution in [3.8, 4) is 11.5 Å². The second-order valence-electron chi connectivity index (χ2n) is 2.93. The van der Waals surface area contributed by atoms with Gasteiger partial charge in [-0.15, -0.1) is 12.4 Å². The van der Waals surface area contributed by atoms with E-state index in [4.69, 9.17) is 10.5 Å². The predicted octanol–water partition coefficient (Wildman–Crippen LogP) is 3.37. The molecule has 1 aromatic rings. The Bertz CT molecular complexity index is 358. The van der Waals surface area contributed by atoms with Gasteiger partial charge in [-0.1, -0.05) is 0 Å². The lowest BCUT2D eigenvalue weighted by Crippen LogP contribution is -2.06. The van der Waals surface area contributed by atoms with Crippen LogP contribution in [0, 0.1) is 0 Å². The fourth-order valence-corrected chi connectivity index (χ4v) is 2.19. The molecule has 3 N–H and O–H groups in total. The Morgan fingerprint density at radius 2 is 1.93 bits per heavy atom. The Kier molecular flexibility index (Phi) is 5.95. The highest BCUT2D eigenvalue weighted by Gasteiger charge is 2.16. The van der Waals surface area contributed by atoms with E-state index in [0.717, 1.165) is 10.0 Å². The van der Waals surface area contributed by atoms with Gasteiger partial charge >= 0.3 is 0 Å². The van der Waals surface area contributed by atoms with E-state index in [1.807, 2.05) is 6.92 Å². The highest BCUT2D eigenvalue weighted by molar-refractivity contribution is 9.13. The lowest BCUT2D eigenvalue weighted by molar-refractivity contribution is 0.370. The van der Waals surface area contributed by atoms with Crippen LogP contribution in [0.2, 0.25) is 0 Å². The number of aromatic hydroxyl groups is 1. The summed E-state index contributed by atoms with van der Waals surface area (Å²) >= 11 is 6.61. The molecule has 0 amide bonds. The van der Waals surface area contributed by atoms with Gasteiger partial charge in [0.1, 0.15) is 0 Å². The molecule has 0 aliphatic carbocycles. The summed E-state index contributed by atoms with van der Waals surface area (Å²) < 4.78 is 6.33. The van der Waals surface area contributed by atoms with Crippen molar-refractivity contribution in [2.75, 3.05) is 7.11 Å². The Hall–Kier alpha value is 0.0300. The molecule has 0 spiro atoms. The normalized spacial score (nSPS) is 11.8. The van der Waals surface area contributed by atoms with Gasteiger partial charge in [0.25, 0.3) is 0 Å². The van der Waals surface area contributed by atoms with Crippen LogP contribution >= 0.6 is 44.3 Å². The summed E-state index contributed by atoms with van der Waals surface area (Å²) in [6.07, 6.45) is 0. The third kappa shape index (κ3) is 3.00. The molecule has 0 aliphatic heterocycles. The van der Waals surface area contributed by atoms with Gasteiger partial charge in [-0.25, -0.2) is 0 Å². The standard InChI is InChI=1S/C9H11Br2NO2.ClH/c1-4(12)5-3-6(14-2)9(13)8(11)7(5)10;/h3-4,13H,12H2,1-2H3;1H/t4-;/m0./s1. The number of rotatable bonds is 2. The van der Waals surface area contributed by atoms with Gasteiger partial charge in [0, 0.05) is 10.5 Å². The highest BCUT2D eigenvalue weighted by atomic mass is 79.9. The van der Waals surface area contributed by atoms with Crippen LogP contribution in [-0.2, 0) is 0 Å². The van der Waals surface area contributed by atoms with Crippen LogP contribution in [0.4, 0.5) is 0 Å². The second-order valence-corrected chi connectivity index (χ2v) is 4.52. The average molecular weight is 361 g/mol. The molecule has 0 heterocycles. The minimum atomic E-state index is -0.129. The van der Waals surface area contributed by atoms with E-state index in [-0.39, 0.29) is 24.2 Å². The largest absolute Gasteiger partial charge is 0.503 e. The van der Waals surface area contributed by atoms with E-state index in [1.165, 1.54) is 7.11 Å².